The molecule has 0 bridgehead atoms. The fourth-order valence-electron chi connectivity index (χ4n) is 3.45. The summed E-state index contributed by atoms with van der Waals surface area (Å²) >= 11 is 0. The molecule has 0 nitrogen and oxygen atoms in total. The standard InChI is InChI=1S/C18H20/c1-10-8-11(2)17-15(9-10)6-7-16-13(4)12(3)14(5)18(16)17/h6-8,13H,1,9H2,2-5H3. The van der Waals surface area contributed by atoms with Gasteiger partial charge in [0, 0.05) is 5.92 Å². The minimum Gasteiger partial charge on any atom is -0.0955 e. The van der Waals surface area contributed by atoms with Gasteiger partial charge < -0.3 is 0 Å². The zero-order valence-corrected chi connectivity index (χ0v) is 11.7. The molecule has 0 saturated carbocycles. The van der Waals surface area contributed by atoms with Crippen molar-refractivity contribution in [1.82, 2.24) is 0 Å². The Morgan fingerprint density at radius 2 is 1.83 bits per heavy atom. The van der Waals surface area contributed by atoms with E-state index in [0.717, 1.165) is 6.42 Å². The lowest BCUT2D eigenvalue weighted by Gasteiger charge is -2.21. The minimum absolute atomic E-state index is 0.572. The van der Waals surface area contributed by atoms with E-state index in [-0.39, 0.29) is 0 Å². The molecule has 18 heavy (non-hydrogen) atoms. The Hall–Kier alpha value is -1.56. The third kappa shape index (κ3) is 1.38. The first-order valence-electron chi connectivity index (χ1n) is 6.70. The molecule has 1 aromatic carbocycles. The molecule has 2 aliphatic carbocycles. The van der Waals surface area contributed by atoms with Crippen molar-refractivity contribution in [3.05, 3.63) is 58.2 Å². The van der Waals surface area contributed by atoms with E-state index < -0.39 is 0 Å². The van der Waals surface area contributed by atoms with Crippen LogP contribution < -0.4 is 0 Å². The maximum atomic E-state index is 4.12. The number of benzene rings is 1. The molecule has 1 unspecified atom stereocenters. The highest BCUT2D eigenvalue weighted by Crippen LogP contribution is 2.46. The van der Waals surface area contributed by atoms with Crippen molar-refractivity contribution in [2.45, 2.75) is 40.0 Å². The summed E-state index contributed by atoms with van der Waals surface area (Å²) in [6, 6.07) is 4.63. The lowest BCUT2D eigenvalue weighted by molar-refractivity contribution is 0.917. The quantitative estimate of drug-likeness (QED) is 0.587. The predicted octanol–water partition coefficient (Wildman–Crippen LogP) is 5.11. The van der Waals surface area contributed by atoms with Crippen LogP contribution in [-0.4, -0.2) is 0 Å². The SMILES string of the molecule is C=C1C=C(C)c2c(ccc3c2C(C)=C(C)C3C)C1. The molecule has 0 N–H and O–H groups in total. The average Bonchev–Trinajstić information content (AvgIpc) is 2.54. The van der Waals surface area contributed by atoms with E-state index in [4.69, 9.17) is 0 Å². The van der Waals surface area contributed by atoms with Crippen molar-refractivity contribution >= 4 is 11.1 Å². The largest absolute Gasteiger partial charge is 0.0955 e. The van der Waals surface area contributed by atoms with Gasteiger partial charge in [0.25, 0.3) is 0 Å². The van der Waals surface area contributed by atoms with Crippen LogP contribution in [0.4, 0.5) is 0 Å². The number of fused-ring (bicyclic) bond motifs is 3. The van der Waals surface area contributed by atoms with Crippen LogP contribution in [-0.2, 0) is 6.42 Å². The van der Waals surface area contributed by atoms with Crippen molar-refractivity contribution in [1.29, 1.82) is 0 Å². The molecule has 0 spiro atoms. The molecule has 3 rings (SSSR count). The summed E-state index contributed by atoms with van der Waals surface area (Å²) in [5, 5.41) is 0. The minimum atomic E-state index is 0.572. The lowest BCUT2D eigenvalue weighted by Crippen LogP contribution is -2.05. The fourth-order valence-corrected chi connectivity index (χ4v) is 3.45. The first kappa shape index (κ1) is 11.5. The lowest BCUT2D eigenvalue weighted by atomic mass is 9.83. The van der Waals surface area contributed by atoms with Crippen molar-refractivity contribution in [2.24, 2.45) is 0 Å². The first-order chi connectivity index (χ1) is 8.50. The van der Waals surface area contributed by atoms with Crippen molar-refractivity contribution in [2.75, 3.05) is 0 Å². The highest BCUT2D eigenvalue weighted by atomic mass is 14.3. The van der Waals surface area contributed by atoms with E-state index in [1.807, 2.05) is 0 Å². The summed E-state index contributed by atoms with van der Waals surface area (Å²) in [4.78, 5) is 0. The molecule has 0 amide bonds. The topological polar surface area (TPSA) is 0 Å². The Labute approximate surface area is 110 Å². The van der Waals surface area contributed by atoms with Gasteiger partial charge >= 0.3 is 0 Å². The number of hydrogen-bond acceptors (Lipinski definition) is 0. The molecule has 0 saturated heterocycles. The Morgan fingerprint density at radius 1 is 1.11 bits per heavy atom. The van der Waals surface area contributed by atoms with Gasteiger partial charge in [0.1, 0.15) is 0 Å². The molecule has 92 valence electrons. The van der Waals surface area contributed by atoms with E-state index in [9.17, 15) is 0 Å². The van der Waals surface area contributed by atoms with Gasteiger partial charge in [0.05, 0.1) is 0 Å². The molecule has 1 atom stereocenters. The van der Waals surface area contributed by atoms with Gasteiger partial charge in [-0.05, 0) is 60.6 Å². The first-order valence-corrected chi connectivity index (χ1v) is 6.70. The summed E-state index contributed by atoms with van der Waals surface area (Å²) in [6.07, 6.45) is 3.24. The predicted molar refractivity (Wildman–Crippen MR) is 79.6 cm³/mol. The Morgan fingerprint density at radius 3 is 2.56 bits per heavy atom. The second-order valence-electron chi connectivity index (χ2n) is 5.76. The summed E-state index contributed by atoms with van der Waals surface area (Å²) in [6.45, 7) is 13.2. The van der Waals surface area contributed by atoms with Crippen LogP contribution in [0.2, 0.25) is 0 Å². The van der Waals surface area contributed by atoms with Gasteiger partial charge in [-0.3, -0.25) is 0 Å². The fraction of sp³-hybridized carbons (Fsp3) is 0.333. The smallest absolute Gasteiger partial charge is 0.00292 e. The summed E-state index contributed by atoms with van der Waals surface area (Å²) in [7, 11) is 0. The summed E-state index contributed by atoms with van der Waals surface area (Å²) < 4.78 is 0. The van der Waals surface area contributed by atoms with Crippen molar-refractivity contribution in [3.8, 4) is 0 Å². The van der Waals surface area contributed by atoms with Gasteiger partial charge in [-0.2, -0.15) is 0 Å². The maximum absolute atomic E-state index is 4.12. The normalized spacial score (nSPS) is 21.9. The highest BCUT2D eigenvalue weighted by Gasteiger charge is 2.28. The third-order valence-electron chi connectivity index (χ3n) is 4.64. The zero-order chi connectivity index (χ0) is 13.0. The van der Waals surface area contributed by atoms with E-state index in [0.29, 0.717) is 5.92 Å². The van der Waals surface area contributed by atoms with Gasteiger partial charge in [-0.15, -0.1) is 0 Å². The van der Waals surface area contributed by atoms with Crippen molar-refractivity contribution in [3.63, 3.8) is 0 Å². The van der Waals surface area contributed by atoms with E-state index >= 15 is 0 Å². The monoisotopic (exact) mass is 236 g/mol. The maximum Gasteiger partial charge on any atom is 0.00292 e. The van der Waals surface area contributed by atoms with E-state index in [2.05, 4.69) is 52.5 Å². The molecule has 0 radical (unpaired) electrons. The zero-order valence-electron chi connectivity index (χ0n) is 11.7. The number of rotatable bonds is 0. The molecule has 0 aromatic heterocycles. The Kier molecular flexibility index (Phi) is 2.38. The highest BCUT2D eigenvalue weighted by molar-refractivity contribution is 5.88. The molecule has 0 aliphatic heterocycles. The molecular weight excluding hydrogens is 216 g/mol. The Bertz CT molecular complexity index is 624. The van der Waals surface area contributed by atoms with Crippen LogP contribution in [0.5, 0.6) is 0 Å². The van der Waals surface area contributed by atoms with Crippen LogP contribution >= 0.6 is 0 Å². The van der Waals surface area contributed by atoms with Gasteiger partial charge in [0.2, 0.25) is 0 Å². The van der Waals surface area contributed by atoms with Gasteiger partial charge in [-0.1, -0.05) is 42.9 Å². The second kappa shape index (κ2) is 3.71. The van der Waals surface area contributed by atoms with Crippen LogP contribution in [0.15, 0.2) is 35.9 Å². The second-order valence-corrected chi connectivity index (χ2v) is 5.76. The number of hydrogen-bond donors (Lipinski definition) is 0. The molecule has 2 aliphatic rings. The third-order valence-corrected chi connectivity index (χ3v) is 4.64. The molecular formula is C18H20. The van der Waals surface area contributed by atoms with Crippen LogP contribution in [0.3, 0.4) is 0 Å². The van der Waals surface area contributed by atoms with Crippen LogP contribution in [0.25, 0.3) is 11.1 Å². The summed E-state index contributed by atoms with van der Waals surface area (Å²) in [5.41, 5.74) is 11.5. The number of allylic oxidation sites excluding steroid dienone is 5. The molecule has 0 heteroatoms. The molecule has 1 aromatic rings. The van der Waals surface area contributed by atoms with Crippen LogP contribution in [0.1, 0.15) is 55.9 Å². The van der Waals surface area contributed by atoms with E-state index in [1.165, 1.54) is 44.5 Å². The van der Waals surface area contributed by atoms with Crippen LogP contribution in [0, 0.1) is 0 Å². The Balaban J connectivity index is 2.34. The van der Waals surface area contributed by atoms with Gasteiger partial charge in [0.15, 0.2) is 0 Å². The summed E-state index contributed by atoms with van der Waals surface area (Å²) in [5.74, 6) is 0.572. The van der Waals surface area contributed by atoms with E-state index in [1.54, 1.807) is 0 Å². The molecule has 0 heterocycles. The average molecular weight is 236 g/mol. The van der Waals surface area contributed by atoms with Gasteiger partial charge in [-0.25, -0.2) is 0 Å². The van der Waals surface area contributed by atoms with Crippen molar-refractivity contribution < 1.29 is 0 Å². The molecule has 0 fully saturated rings.